The van der Waals surface area contributed by atoms with E-state index in [1.807, 2.05) is 30.2 Å². The fourth-order valence-corrected chi connectivity index (χ4v) is 2.50. The van der Waals surface area contributed by atoms with Crippen molar-refractivity contribution in [2.45, 2.75) is 25.8 Å². The van der Waals surface area contributed by atoms with Gasteiger partial charge in [0.15, 0.2) is 5.82 Å². The van der Waals surface area contributed by atoms with Crippen molar-refractivity contribution in [2.75, 3.05) is 5.32 Å². The first-order chi connectivity index (χ1) is 10.2. The average Bonchev–Trinajstić information content (AvgIpc) is 2.89. The Balaban J connectivity index is 1.67. The van der Waals surface area contributed by atoms with Crippen LogP contribution < -0.4 is 5.32 Å². The number of hydrogen-bond donors (Lipinski definition) is 1. The zero-order valence-corrected chi connectivity index (χ0v) is 12.5. The minimum absolute atomic E-state index is 0.352. The van der Waals surface area contributed by atoms with Crippen molar-refractivity contribution in [2.24, 2.45) is 7.05 Å². The van der Waals surface area contributed by atoms with Gasteiger partial charge >= 0.3 is 0 Å². The SMILES string of the molecule is CC(CCc1ccccc1)Nc1nccc2c1ncn2C. The molecule has 0 radical (unpaired) electrons. The zero-order valence-electron chi connectivity index (χ0n) is 12.5. The number of hydrogen-bond acceptors (Lipinski definition) is 3. The lowest BCUT2D eigenvalue weighted by Gasteiger charge is -2.14. The van der Waals surface area contributed by atoms with Crippen LogP contribution in [0.25, 0.3) is 11.0 Å². The summed E-state index contributed by atoms with van der Waals surface area (Å²) in [7, 11) is 2.00. The topological polar surface area (TPSA) is 42.7 Å². The molecule has 1 aromatic carbocycles. The maximum absolute atomic E-state index is 4.43. The van der Waals surface area contributed by atoms with Gasteiger partial charge in [0.05, 0.1) is 11.8 Å². The van der Waals surface area contributed by atoms with Crippen LogP contribution in [0.15, 0.2) is 48.9 Å². The van der Waals surface area contributed by atoms with Gasteiger partial charge in [-0.2, -0.15) is 0 Å². The highest BCUT2D eigenvalue weighted by Crippen LogP contribution is 2.20. The van der Waals surface area contributed by atoms with Crippen molar-refractivity contribution >= 4 is 16.9 Å². The van der Waals surface area contributed by atoms with Gasteiger partial charge in [-0.05, 0) is 31.4 Å². The van der Waals surface area contributed by atoms with Crippen LogP contribution in [0.1, 0.15) is 18.9 Å². The Morgan fingerprint density at radius 2 is 1.95 bits per heavy atom. The zero-order chi connectivity index (χ0) is 14.7. The van der Waals surface area contributed by atoms with E-state index in [1.165, 1.54) is 5.56 Å². The Morgan fingerprint density at radius 1 is 1.14 bits per heavy atom. The third-order valence-electron chi connectivity index (χ3n) is 3.73. The summed E-state index contributed by atoms with van der Waals surface area (Å²) in [5, 5.41) is 3.48. The number of nitrogens with one attached hydrogen (secondary N) is 1. The maximum Gasteiger partial charge on any atom is 0.154 e. The van der Waals surface area contributed by atoms with Gasteiger partial charge in [-0.3, -0.25) is 0 Å². The third kappa shape index (κ3) is 3.05. The molecule has 4 heteroatoms. The molecule has 1 N–H and O–H groups in total. The molecule has 2 aromatic heterocycles. The second-order valence-electron chi connectivity index (χ2n) is 5.45. The van der Waals surface area contributed by atoms with Crippen LogP contribution in [0.5, 0.6) is 0 Å². The van der Waals surface area contributed by atoms with Crippen LogP contribution in [-0.2, 0) is 13.5 Å². The van der Waals surface area contributed by atoms with Gasteiger partial charge in [0.25, 0.3) is 0 Å². The lowest BCUT2D eigenvalue weighted by atomic mass is 10.1. The van der Waals surface area contributed by atoms with Crippen molar-refractivity contribution in [3.63, 3.8) is 0 Å². The smallest absolute Gasteiger partial charge is 0.154 e. The van der Waals surface area contributed by atoms with Crippen LogP contribution in [0.3, 0.4) is 0 Å². The first-order valence-electron chi connectivity index (χ1n) is 7.30. The highest BCUT2D eigenvalue weighted by molar-refractivity contribution is 5.85. The lowest BCUT2D eigenvalue weighted by Crippen LogP contribution is -2.17. The largest absolute Gasteiger partial charge is 0.366 e. The van der Waals surface area contributed by atoms with Gasteiger partial charge in [0, 0.05) is 19.3 Å². The highest BCUT2D eigenvalue weighted by Gasteiger charge is 2.09. The molecule has 1 unspecified atom stereocenters. The summed E-state index contributed by atoms with van der Waals surface area (Å²) in [5.74, 6) is 0.869. The molecule has 0 saturated heterocycles. The lowest BCUT2D eigenvalue weighted by molar-refractivity contribution is 0.704. The Hall–Kier alpha value is -2.36. The Kier molecular flexibility index (Phi) is 3.86. The van der Waals surface area contributed by atoms with Crippen molar-refractivity contribution < 1.29 is 0 Å². The van der Waals surface area contributed by atoms with Gasteiger partial charge < -0.3 is 9.88 Å². The van der Waals surface area contributed by atoms with Crippen LogP contribution in [0.4, 0.5) is 5.82 Å². The molecule has 108 valence electrons. The molecule has 3 rings (SSSR count). The van der Waals surface area contributed by atoms with E-state index >= 15 is 0 Å². The predicted molar refractivity (Wildman–Crippen MR) is 86.4 cm³/mol. The molecular formula is C17H20N4. The van der Waals surface area contributed by atoms with E-state index in [-0.39, 0.29) is 0 Å². The number of benzene rings is 1. The molecular weight excluding hydrogens is 260 g/mol. The van der Waals surface area contributed by atoms with E-state index in [0.717, 1.165) is 29.7 Å². The summed E-state index contributed by atoms with van der Waals surface area (Å²) in [5.41, 5.74) is 3.41. The molecule has 0 bridgehead atoms. The predicted octanol–water partition coefficient (Wildman–Crippen LogP) is 3.40. The van der Waals surface area contributed by atoms with Gasteiger partial charge in [-0.1, -0.05) is 30.3 Å². The second kappa shape index (κ2) is 5.95. The van der Waals surface area contributed by atoms with Crippen LogP contribution in [0, 0.1) is 0 Å². The molecule has 0 saturated carbocycles. The number of aryl methyl sites for hydroxylation is 2. The van der Waals surface area contributed by atoms with Crippen LogP contribution >= 0.6 is 0 Å². The van der Waals surface area contributed by atoms with Crippen molar-refractivity contribution in [3.8, 4) is 0 Å². The summed E-state index contributed by atoms with van der Waals surface area (Å²) in [6.45, 7) is 2.19. The molecule has 1 atom stereocenters. The summed E-state index contributed by atoms with van der Waals surface area (Å²) in [4.78, 5) is 8.86. The van der Waals surface area contributed by atoms with E-state index in [2.05, 4.69) is 52.5 Å². The summed E-state index contributed by atoms with van der Waals surface area (Å²) < 4.78 is 2.01. The van der Waals surface area contributed by atoms with E-state index in [1.54, 1.807) is 0 Å². The van der Waals surface area contributed by atoms with Gasteiger partial charge in [-0.15, -0.1) is 0 Å². The van der Waals surface area contributed by atoms with E-state index < -0.39 is 0 Å². The van der Waals surface area contributed by atoms with E-state index in [0.29, 0.717) is 6.04 Å². The molecule has 21 heavy (non-hydrogen) atoms. The average molecular weight is 280 g/mol. The third-order valence-corrected chi connectivity index (χ3v) is 3.73. The summed E-state index contributed by atoms with van der Waals surface area (Å²) >= 11 is 0. The minimum atomic E-state index is 0.352. The number of nitrogens with zero attached hydrogens (tertiary/aromatic N) is 3. The fraction of sp³-hybridized carbons (Fsp3) is 0.294. The maximum atomic E-state index is 4.43. The quantitative estimate of drug-likeness (QED) is 0.779. The summed E-state index contributed by atoms with van der Waals surface area (Å²) in [6, 6.07) is 12.9. The van der Waals surface area contributed by atoms with Gasteiger partial charge in [-0.25, -0.2) is 9.97 Å². The molecule has 0 aliphatic carbocycles. The molecule has 2 heterocycles. The first-order valence-corrected chi connectivity index (χ1v) is 7.30. The number of rotatable bonds is 5. The minimum Gasteiger partial charge on any atom is -0.366 e. The second-order valence-corrected chi connectivity index (χ2v) is 5.45. The fourth-order valence-electron chi connectivity index (χ4n) is 2.50. The van der Waals surface area contributed by atoms with E-state index in [9.17, 15) is 0 Å². The number of pyridine rings is 1. The van der Waals surface area contributed by atoms with Crippen LogP contribution in [0.2, 0.25) is 0 Å². The Bertz CT molecular complexity index is 718. The van der Waals surface area contributed by atoms with Gasteiger partial charge in [0.2, 0.25) is 0 Å². The number of fused-ring (bicyclic) bond motifs is 1. The number of anilines is 1. The molecule has 0 aliphatic heterocycles. The molecule has 3 aromatic rings. The van der Waals surface area contributed by atoms with Crippen molar-refractivity contribution in [1.82, 2.24) is 14.5 Å². The Labute approximate surface area is 124 Å². The summed E-state index contributed by atoms with van der Waals surface area (Å²) in [6.07, 6.45) is 5.78. The Morgan fingerprint density at radius 3 is 2.76 bits per heavy atom. The van der Waals surface area contributed by atoms with Crippen LogP contribution in [-0.4, -0.2) is 20.6 Å². The van der Waals surface area contributed by atoms with Crippen molar-refractivity contribution in [1.29, 1.82) is 0 Å². The normalized spacial score (nSPS) is 12.5. The monoisotopic (exact) mass is 280 g/mol. The van der Waals surface area contributed by atoms with E-state index in [4.69, 9.17) is 0 Å². The molecule has 0 aliphatic rings. The number of aromatic nitrogens is 3. The number of imidazole rings is 1. The standard InChI is InChI=1S/C17H20N4/c1-13(8-9-14-6-4-3-5-7-14)20-17-16-15(10-11-18-17)21(2)12-19-16/h3-7,10-13H,8-9H2,1-2H3,(H,18,20). The van der Waals surface area contributed by atoms with Gasteiger partial charge in [0.1, 0.15) is 5.52 Å². The molecule has 0 fully saturated rings. The molecule has 0 spiro atoms. The molecule has 4 nitrogen and oxygen atoms in total. The molecule has 0 amide bonds. The van der Waals surface area contributed by atoms with Crippen molar-refractivity contribution in [3.05, 3.63) is 54.5 Å². The highest BCUT2D eigenvalue weighted by atomic mass is 15.1. The first kappa shape index (κ1) is 13.6.